The third-order valence-corrected chi connectivity index (χ3v) is 2.42. The van der Waals surface area contributed by atoms with Gasteiger partial charge in [-0.15, -0.1) is 0 Å². The molecule has 0 radical (unpaired) electrons. The van der Waals surface area contributed by atoms with Crippen molar-refractivity contribution in [1.29, 1.82) is 0 Å². The summed E-state index contributed by atoms with van der Waals surface area (Å²) in [5.74, 6) is -0.574. The number of carbonyl (C=O) groups is 1. The summed E-state index contributed by atoms with van der Waals surface area (Å²) in [6, 6.07) is 3.29. The Morgan fingerprint density at radius 2 is 2.17 bits per heavy atom. The van der Waals surface area contributed by atoms with Crippen LogP contribution in [0.1, 0.15) is 30.8 Å². The lowest BCUT2D eigenvalue weighted by Crippen LogP contribution is -2.24. The van der Waals surface area contributed by atoms with Crippen molar-refractivity contribution in [2.45, 2.75) is 32.5 Å². The van der Waals surface area contributed by atoms with E-state index in [1.54, 1.807) is 26.0 Å². The van der Waals surface area contributed by atoms with Gasteiger partial charge >= 0.3 is 5.97 Å². The maximum atomic E-state index is 11.2. The summed E-state index contributed by atoms with van der Waals surface area (Å²) in [4.78, 5) is 15.3. The summed E-state index contributed by atoms with van der Waals surface area (Å²) < 4.78 is 4.69. The Morgan fingerprint density at radius 1 is 1.50 bits per heavy atom. The Hall–Kier alpha value is -1.66. The molecule has 0 saturated heterocycles. The molecule has 0 fully saturated rings. The summed E-state index contributed by atoms with van der Waals surface area (Å²) in [6.45, 7) is 3.64. The highest BCUT2D eigenvalue weighted by Gasteiger charge is 2.25. The van der Waals surface area contributed by atoms with Gasteiger partial charge in [0.2, 0.25) is 0 Å². The van der Waals surface area contributed by atoms with Gasteiger partial charge < -0.3 is 20.7 Å². The van der Waals surface area contributed by atoms with Gasteiger partial charge in [0.25, 0.3) is 0 Å². The number of pyridine rings is 1. The molecule has 0 saturated carbocycles. The van der Waals surface area contributed by atoms with Crippen molar-refractivity contribution >= 4 is 11.7 Å². The highest BCUT2D eigenvalue weighted by atomic mass is 16.5. The number of aliphatic hydroxyl groups is 2. The summed E-state index contributed by atoms with van der Waals surface area (Å²) in [7, 11) is 0. The van der Waals surface area contributed by atoms with Crippen molar-refractivity contribution in [2.75, 3.05) is 12.3 Å². The predicted octanol–water partition coefficient (Wildman–Crippen LogP) is 0.320. The molecule has 1 rings (SSSR count). The zero-order valence-electron chi connectivity index (χ0n) is 10.5. The van der Waals surface area contributed by atoms with Crippen LogP contribution in [-0.4, -0.2) is 33.9 Å². The molecule has 1 aromatic heterocycles. The second kappa shape index (κ2) is 6.32. The summed E-state index contributed by atoms with van der Waals surface area (Å²) >= 11 is 0. The number of nitrogen functional groups attached to an aromatic ring is 1. The van der Waals surface area contributed by atoms with Crippen molar-refractivity contribution in [3.05, 3.63) is 23.5 Å². The average molecular weight is 254 g/mol. The second-order valence-electron chi connectivity index (χ2n) is 3.95. The van der Waals surface area contributed by atoms with E-state index >= 15 is 0 Å². The van der Waals surface area contributed by atoms with E-state index in [1.165, 1.54) is 0 Å². The number of aliphatic hydroxyl groups excluding tert-OH is 2. The number of ether oxygens (including phenoxy) is 1. The molecule has 0 bridgehead atoms. The van der Waals surface area contributed by atoms with Crippen LogP contribution in [0.15, 0.2) is 12.1 Å². The van der Waals surface area contributed by atoms with Gasteiger partial charge in [-0.1, -0.05) is 0 Å². The third kappa shape index (κ3) is 3.68. The molecule has 6 nitrogen and oxygen atoms in total. The minimum Gasteiger partial charge on any atom is -0.466 e. The molecule has 0 aromatic carbocycles. The highest BCUT2D eigenvalue weighted by Crippen LogP contribution is 2.23. The maximum absolute atomic E-state index is 11.2. The summed E-state index contributed by atoms with van der Waals surface area (Å²) in [5.41, 5.74) is 6.78. The number of aromatic nitrogens is 1. The topological polar surface area (TPSA) is 106 Å². The van der Waals surface area contributed by atoms with Crippen LogP contribution in [-0.2, 0) is 9.53 Å². The predicted molar refractivity (Wildman–Crippen MR) is 65.6 cm³/mol. The molecule has 0 spiro atoms. The Labute approximate surface area is 105 Å². The molecule has 100 valence electrons. The van der Waals surface area contributed by atoms with Gasteiger partial charge in [-0.3, -0.25) is 9.78 Å². The van der Waals surface area contributed by atoms with Crippen LogP contribution in [0.2, 0.25) is 0 Å². The van der Waals surface area contributed by atoms with Gasteiger partial charge in [-0.25, -0.2) is 0 Å². The van der Waals surface area contributed by atoms with Crippen LogP contribution >= 0.6 is 0 Å². The first-order valence-electron chi connectivity index (χ1n) is 5.70. The fourth-order valence-electron chi connectivity index (χ4n) is 1.51. The van der Waals surface area contributed by atoms with Crippen molar-refractivity contribution < 1.29 is 19.7 Å². The number of aryl methyl sites for hydroxylation is 1. The Morgan fingerprint density at radius 3 is 2.78 bits per heavy atom. The number of hydrogen-bond acceptors (Lipinski definition) is 6. The quantitative estimate of drug-likeness (QED) is 0.653. The minimum absolute atomic E-state index is 0.173. The molecule has 2 atom stereocenters. The number of carbonyl (C=O) groups excluding carboxylic acids is 1. The third-order valence-electron chi connectivity index (χ3n) is 2.42. The van der Waals surface area contributed by atoms with Gasteiger partial charge in [0.1, 0.15) is 6.10 Å². The molecule has 0 amide bonds. The first-order chi connectivity index (χ1) is 8.45. The van der Waals surface area contributed by atoms with Crippen LogP contribution in [0.25, 0.3) is 0 Å². The average Bonchev–Trinajstić information content (AvgIpc) is 2.31. The zero-order chi connectivity index (χ0) is 13.7. The molecular weight excluding hydrogens is 236 g/mol. The Bertz CT molecular complexity index is 423. The number of esters is 1. The normalized spacial score (nSPS) is 14.0. The molecule has 6 heteroatoms. The lowest BCUT2D eigenvalue weighted by atomic mass is 10.1. The number of nitrogens with zero attached hydrogens (tertiary/aromatic N) is 1. The Balaban J connectivity index is 2.76. The molecular formula is C12H18N2O4. The van der Waals surface area contributed by atoms with E-state index in [4.69, 9.17) is 10.5 Å². The molecule has 4 N–H and O–H groups in total. The zero-order valence-corrected chi connectivity index (χ0v) is 10.5. The van der Waals surface area contributed by atoms with E-state index in [2.05, 4.69) is 4.98 Å². The minimum atomic E-state index is -1.31. The summed E-state index contributed by atoms with van der Waals surface area (Å²) in [6.07, 6.45) is -2.90. The first-order valence-corrected chi connectivity index (χ1v) is 5.70. The molecule has 2 unspecified atom stereocenters. The van der Waals surface area contributed by atoms with E-state index in [-0.39, 0.29) is 24.4 Å². The number of anilines is 1. The standard InChI is InChI=1S/C12H18N2O4/c1-3-18-10(16)6-9(15)12(17)11-8(13)5-4-7(2)14-11/h4-5,9,12,15,17H,3,6,13H2,1-2H3. The fourth-order valence-corrected chi connectivity index (χ4v) is 1.51. The molecule has 0 aliphatic carbocycles. The SMILES string of the molecule is CCOC(=O)CC(O)C(O)c1nc(C)ccc1N. The molecule has 0 aliphatic heterocycles. The largest absolute Gasteiger partial charge is 0.466 e. The van der Waals surface area contributed by atoms with E-state index in [9.17, 15) is 15.0 Å². The van der Waals surface area contributed by atoms with Crippen LogP contribution in [0, 0.1) is 6.92 Å². The molecule has 0 aliphatic rings. The molecule has 1 heterocycles. The van der Waals surface area contributed by atoms with Gasteiger partial charge in [-0.2, -0.15) is 0 Å². The fraction of sp³-hybridized carbons (Fsp3) is 0.500. The molecule has 1 aromatic rings. The Kier molecular flexibility index (Phi) is 5.06. The number of rotatable bonds is 5. The van der Waals surface area contributed by atoms with Gasteiger partial charge in [0.15, 0.2) is 0 Å². The van der Waals surface area contributed by atoms with Crippen LogP contribution < -0.4 is 5.73 Å². The maximum Gasteiger partial charge on any atom is 0.308 e. The number of nitrogens with two attached hydrogens (primary N) is 1. The van der Waals surface area contributed by atoms with Crippen LogP contribution in [0.4, 0.5) is 5.69 Å². The van der Waals surface area contributed by atoms with Crippen LogP contribution in [0.5, 0.6) is 0 Å². The first kappa shape index (κ1) is 14.4. The summed E-state index contributed by atoms with van der Waals surface area (Å²) in [5, 5.41) is 19.6. The lowest BCUT2D eigenvalue weighted by Gasteiger charge is -2.18. The second-order valence-corrected chi connectivity index (χ2v) is 3.95. The monoisotopic (exact) mass is 254 g/mol. The smallest absolute Gasteiger partial charge is 0.308 e. The van der Waals surface area contributed by atoms with E-state index in [0.717, 1.165) is 0 Å². The molecule has 18 heavy (non-hydrogen) atoms. The van der Waals surface area contributed by atoms with Crippen LogP contribution in [0.3, 0.4) is 0 Å². The van der Waals surface area contributed by atoms with Crippen molar-refractivity contribution in [3.63, 3.8) is 0 Å². The number of hydrogen-bond donors (Lipinski definition) is 3. The van der Waals surface area contributed by atoms with Gasteiger partial charge in [0, 0.05) is 5.69 Å². The van der Waals surface area contributed by atoms with Crippen molar-refractivity contribution in [2.24, 2.45) is 0 Å². The van der Waals surface area contributed by atoms with Crippen molar-refractivity contribution in [1.82, 2.24) is 4.98 Å². The van der Waals surface area contributed by atoms with E-state index < -0.39 is 18.2 Å². The van der Waals surface area contributed by atoms with Gasteiger partial charge in [-0.05, 0) is 26.0 Å². The highest BCUT2D eigenvalue weighted by molar-refractivity contribution is 5.70. The van der Waals surface area contributed by atoms with Gasteiger partial charge in [0.05, 0.1) is 30.5 Å². The van der Waals surface area contributed by atoms with E-state index in [1.807, 2.05) is 0 Å². The lowest BCUT2D eigenvalue weighted by molar-refractivity contribution is -0.147. The van der Waals surface area contributed by atoms with Crippen molar-refractivity contribution in [3.8, 4) is 0 Å². The van der Waals surface area contributed by atoms with E-state index in [0.29, 0.717) is 5.69 Å².